The van der Waals surface area contributed by atoms with Crippen LogP contribution in [0.5, 0.6) is 0 Å². The zero-order chi connectivity index (χ0) is 16.4. The summed E-state index contributed by atoms with van der Waals surface area (Å²) in [6.07, 6.45) is 0. The topological polar surface area (TPSA) is 55.4 Å². The molecule has 0 saturated carbocycles. The first kappa shape index (κ1) is 15.5. The molecule has 4 nitrogen and oxygen atoms in total. The Kier molecular flexibility index (Phi) is 4.32. The summed E-state index contributed by atoms with van der Waals surface area (Å²) >= 11 is 7.17. The summed E-state index contributed by atoms with van der Waals surface area (Å²) in [5.74, 6) is -0.581. The van der Waals surface area contributed by atoms with E-state index in [1.807, 2.05) is 12.1 Å². The zero-order valence-electron chi connectivity index (χ0n) is 12.1. The van der Waals surface area contributed by atoms with Crippen molar-refractivity contribution in [2.24, 2.45) is 0 Å². The molecule has 1 N–H and O–H groups in total. The quantitative estimate of drug-likeness (QED) is 0.706. The van der Waals surface area contributed by atoms with Gasteiger partial charge >= 0.3 is 5.97 Å². The Morgan fingerprint density at radius 1 is 1.09 bits per heavy atom. The third-order valence-corrected chi connectivity index (χ3v) is 4.62. The molecule has 2 aromatic carbocycles. The SMILES string of the molecule is COC(=O)c1cc2cc(NC(=O)c3ccc(Cl)cc3)ccc2s1. The lowest BCUT2D eigenvalue weighted by atomic mass is 10.2. The lowest BCUT2D eigenvalue weighted by Crippen LogP contribution is -2.11. The van der Waals surface area contributed by atoms with E-state index in [0.29, 0.717) is 21.2 Å². The van der Waals surface area contributed by atoms with Crippen LogP contribution in [0.1, 0.15) is 20.0 Å². The van der Waals surface area contributed by atoms with E-state index in [1.165, 1.54) is 18.4 Å². The predicted molar refractivity (Wildman–Crippen MR) is 92.6 cm³/mol. The first-order valence-electron chi connectivity index (χ1n) is 6.75. The van der Waals surface area contributed by atoms with E-state index in [9.17, 15) is 9.59 Å². The van der Waals surface area contributed by atoms with Gasteiger partial charge in [-0.05, 0) is 53.9 Å². The number of hydrogen-bond acceptors (Lipinski definition) is 4. The maximum atomic E-state index is 12.2. The van der Waals surface area contributed by atoms with Crippen LogP contribution in [0, 0.1) is 0 Å². The fraction of sp³-hybridized carbons (Fsp3) is 0.0588. The average molecular weight is 346 g/mol. The number of rotatable bonds is 3. The van der Waals surface area contributed by atoms with Crippen molar-refractivity contribution in [1.82, 2.24) is 0 Å². The highest BCUT2D eigenvalue weighted by atomic mass is 35.5. The molecule has 0 aliphatic carbocycles. The van der Waals surface area contributed by atoms with Crippen molar-refractivity contribution in [1.29, 1.82) is 0 Å². The fourth-order valence-corrected chi connectivity index (χ4v) is 3.21. The summed E-state index contributed by atoms with van der Waals surface area (Å²) in [4.78, 5) is 24.3. The van der Waals surface area contributed by atoms with Gasteiger partial charge in [0.2, 0.25) is 0 Å². The highest BCUT2D eigenvalue weighted by molar-refractivity contribution is 7.20. The summed E-state index contributed by atoms with van der Waals surface area (Å²) < 4.78 is 5.67. The van der Waals surface area contributed by atoms with Gasteiger partial charge in [0.15, 0.2) is 0 Å². The van der Waals surface area contributed by atoms with E-state index in [2.05, 4.69) is 5.32 Å². The van der Waals surface area contributed by atoms with E-state index < -0.39 is 0 Å². The molecule has 6 heteroatoms. The van der Waals surface area contributed by atoms with Gasteiger partial charge in [-0.15, -0.1) is 11.3 Å². The number of benzene rings is 2. The molecule has 0 saturated heterocycles. The van der Waals surface area contributed by atoms with Crippen LogP contribution in [0.2, 0.25) is 5.02 Å². The van der Waals surface area contributed by atoms with Crippen LogP contribution in [-0.4, -0.2) is 19.0 Å². The molecule has 1 heterocycles. The molecule has 0 spiro atoms. The van der Waals surface area contributed by atoms with Crippen LogP contribution < -0.4 is 5.32 Å². The largest absolute Gasteiger partial charge is 0.465 e. The molecule has 0 aliphatic heterocycles. The lowest BCUT2D eigenvalue weighted by molar-refractivity contribution is 0.0606. The van der Waals surface area contributed by atoms with Crippen molar-refractivity contribution in [2.45, 2.75) is 0 Å². The number of thiophene rings is 1. The Morgan fingerprint density at radius 3 is 2.52 bits per heavy atom. The number of hydrogen-bond donors (Lipinski definition) is 1. The molecule has 0 radical (unpaired) electrons. The smallest absolute Gasteiger partial charge is 0.348 e. The van der Waals surface area contributed by atoms with Gasteiger partial charge in [0.25, 0.3) is 5.91 Å². The molecule has 0 unspecified atom stereocenters. The molecule has 3 rings (SSSR count). The van der Waals surface area contributed by atoms with Crippen LogP contribution in [0.25, 0.3) is 10.1 Å². The minimum absolute atomic E-state index is 0.218. The lowest BCUT2D eigenvalue weighted by Gasteiger charge is -2.05. The van der Waals surface area contributed by atoms with Crippen LogP contribution in [-0.2, 0) is 4.74 Å². The van der Waals surface area contributed by atoms with E-state index in [1.54, 1.807) is 36.4 Å². The third kappa shape index (κ3) is 3.36. The number of carbonyl (C=O) groups is 2. The Bertz CT molecular complexity index is 886. The molecular weight excluding hydrogens is 334 g/mol. The number of fused-ring (bicyclic) bond motifs is 1. The van der Waals surface area contributed by atoms with Gasteiger partial charge in [-0.25, -0.2) is 4.79 Å². The van der Waals surface area contributed by atoms with Crippen LogP contribution >= 0.6 is 22.9 Å². The summed E-state index contributed by atoms with van der Waals surface area (Å²) in [5.41, 5.74) is 1.18. The van der Waals surface area contributed by atoms with E-state index in [4.69, 9.17) is 16.3 Å². The van der Waals surface area contributed by atoms with Crippen molar-refractivity contribution < 1.29 is 14.3 Å². The van der Waals surface area contributed by atoms with Crippen molar-refractivity contribution in [3.63, 3.8) is 0 Å². The number of ether oxygens (including phenoxy) is 1. The highest BCUT2D eigenvalue weighted by Gasteiger charge is 2.11. The van der Waals surface area contributed by atoms with Crippen molar-refractivity contribution in [2.75, 3.05) is 12.4 Å². The number of esters is 1. The Morgan fingerprint density at radius 2 is 1.83 bits per heavy atom. The van der Waals surface area contributed by atoms with Gasteiger partial charge in [0.1, 0.15) is 4.88 Å². The maximum Gasteiger partial charge on any atom is 0.348 e. The molecule has 116 valence electrons. The number of anilines is 1. The van der Waals surface area contributed by atoms with Gasteiger partial charge in [0, 0.05) is 21.0 Å². The first-order chi connectivity index (χ1) is 11.1. The van der Waals surface area contributed by atoms with Crippen LogP contribution in [0.3, 0.4) is 0 Å². The maximum absolute atomic E-state index is 12.2. The Labute approximate surface area is 141 Å². The zero-order valence-corrected chi connectivity index (χ0v) is 13.7. The monoisotopic (exact) mass is 345 g/mol. The second-order valence-electron chi connectivity index (χ2n) is 4.82. The second-order valence-corrected chi connectivity index (χ2v) is 6.34. The predicted octanol–water partition coefficient (Wildman–Crippen LogP) is 4.59. The van der Waals surface area contributed by atoms with Gasteiger partial charge in [0.05, 0.1) is 7.11 Å². The van der Waals surface area contributed by atoms with Gasteiger partial charge in [-0.3, -0.25) is 4.79 Å². The van der Waals surface area contributed by atoms with Gasteiger partial charge in [-0.1, -0.05) is 11.6 Å². The standard InChI is InChI=1S/C17H12ClNO3S/c1-22-17(21)15-9-11-8-13(6-7-14(11)23-15)19-16(20)10-2-4-12(18)5-3-10/h2-9H,1H3,(H,19,20). The number of carbonyl (C=O) groups excluding carboxylic acids is 2. The second kappa shape index (κ2) is 6.40. The van der Waals surface area contributed by atoms with Gasteiger partial charge < -0.3 is 10.1 Å². The number of nitrogens with one attached hydrogen (secondary N) is 1. The first-order valence-corrected chi connectivity index (χ1v) is 7.95. The molecular formula is C17H12ClNO3S. The summed E-state index contributed by atoms with van der Waals surface area (Å²) in [5, 5.41) is 4.29. The van der Waals surface area contributed by atoms with E-state index >= 15 is 0 Å². The molecule has 0 fully saturated rings. The summed E-state index contributed by atoms with van der Waals surface area (Å²) in [6.45, 7) is 0. The summed E-state index contributed by atoms with van der Waals surface area (Å²) in [6, 6.07) is 13.9. The van der Waals surface area contributed by atoms with Crippen LogP contribution in [0.4, 0.5) is 5.69 Å². The van der Waals surface area contributed by atoms with Crippen LogP contribution in [0.15, 0.2) is 48.5 Å². The molecule has 0 atom stereocenters. The Balaban J connectivity index is 1.84. The Hall–Kier alpha value is -2.37. The molecule has 3 aromatic rings. The molecule has 0 aliphatic rings. The van der Waals surface area contributed by atoms with E-state index in [0.717, 1.165) is 10.1 Å². The number of halogens is 1. The third-order valence-electron chi connectivity index (χ3n) is 3.27. The number of amides is 1. The molecule has 1 aromatic heterocycles. The fourth-order valence-electron chi connectivity index (χ4n) is 2.13. The van der Waals surface area contributed by atoms with E-state index in [-0.39, 0.29) is 11.9 Å². The molecule has 23 heavy (non-hydrogen) atoms. The van der Waals surface area contributed by atoms with Crippen molar-refractivity contribution in [3.05, 3.63) is 64.0 Å². The highest BCUT2D eigenvalue weighted by Crippen LogP contribution is 2.28. The minimum atomic E-state index is -0.363. The normalized spacial score (nSPS) is 10.5. The molecule has 0 bridgehead atoms. The summed E-state index contributed by atoms with van der Waals surface area (Å²) in [7, 11) is 1.35. The minimum Gasteiger partial charge on any atom is -0.465 e. The average Bonchev–Trinajstić information content (AvgIpc) is 2.98. The van der Waals surface area contributed by atoms with Crippen molar-refractivity contribution >= 4 is 50.6 Å². The molecule has 1 amide bonds. The van der Waals surface area contributed by atoms with Crippen molar-refractivity contribution in [3.8, 4) is 0 Å². The number of methoxy groups -OCH3 is 1. The van der Waals surface area contributed by atoms with Gasteiger partial charge in [-0.2, -0.15) is 0 Å².